The molecule has 0 aliphatic carbocycles. The first-order valence-electron chi connectivity index (χ1n) is 6.43. The molecular formula is C14H16ClNO4. The Bertz CT molecular complexity index is 506. The van der Waals surface area contributed by atoms with Crippen LogP contribution in [0.2, 0.25) is 5.02 Å². The van der Waals surface area contributed by atoms with E-state index < -0.39 is 12.0 Å². The normalized spacial score (nSPS) is 18.2. The third-order valence-electron chi connectivity index (χ3n) is 3.30. The van der Waals surface area contributed by atoms with Crippen LogP contribution in [0.15, 0.2) is 24.3 Å². The monoisotopic (exact) mass is 297 g/mol. The quantitative estimate of drug-likeness (QED) is 0.902. The number of carbonyl (C=O) groups excluding carboxylic acids is 1. The molecule has 1 amide bonds. The second-order valence-electron chi connectivity index (χ2n) is 4.67. The van der Waals surface area contributed by atoms with Crippen LogP contribution in [0, 0.1) is 0 Å². The van der Waals surface area contributed by atoms with Crippen molar-refractivity contribution in [2.24, 2.45) is 0 Å². The molecule has 1 atom stereocenters. The van der Waals surface area contributed by atoms with Crippen LogP contribution in [0.4, 0.5) is 0 Å². The molecular weight excluding hydrogens is 282 g/mol. The summed E-state index contributed by atoms with van der Waals surface area (Å²) in [5, 5.41) is 9.61. The highest BCUT2D eigenvalue weighted by atomic mass is 35.5. The third-order valence-corrected chi connectivity index (χ3v) is 3.67. The lowest BCUT2D eigenvalue weighted by molar-refractivity contribution is -0.150. The minimum Gasteiger partial charge on any atom is -0.480 e. The fraction of sp³-hybridized carbons (Fsp3) is 0.429. The summed E-state index contributed by atoms with van der Waals surface area (Å²) in [5.74, 6) is -1.25. The summed E-state index contributed by atoms with van der Waals surface area (Å²) in [6, 6.07) is 6.52. The van der Waals surface area contributed by atoms with E-state index in [-0.39, 0.29) is 19.1 Å². The van der Waals surface area contributed by atoms with Crippen LogP contribution in [0.5, 0.6) is 0 Å². The summed E-state index contributed by atoms with van der Waals surface area (Å²) < 4.78 is 5.33. The zero-order valence-corrected chi connectivity index (χ0v) is 11.7. The van der Waals surface area contributed by atoms with Gasteiger partial charge in [0.15, 0.2) is 0 Å². The largest absolute Gasteiger partial charge is 0.480 e. The number of aliphatic carboxylic acids is 1. The zero-order chi connectivity index (χ0) is 14.5. The first-order valence-corrected chi connectivity index (χ1v) is 6.81. The molecule has 1 aromatic carbocycles. The standard InChI is InChI=1S/C14H16ClNO4/c15-11-5-2-1-4-10(11)8-20-9-13(17)16-7-3-6-12(16)14(18)19/h1-2,4-5,12H,3,6-9H2,(H,18,19). The zero-order valence-electron chi connectivity index (χ0n) is 10.9. The molecule has 1 aliphatic rings. The third kappa shape index (κ3) is 3.49. The molecule has 2 rings (SSSR count). The molecule has 108 valence electrons. The number of rotatable bonds is 5. The molecule has 20 heavy (non-hydrogen) atoms. The highest BCUT2D eigenvalue weighted by molar-refractivity contribution is 6.31. The predicted molar refractivity (Wildman–Crippen MR) is 73.5 cm³/mol. The Labute approximate surface area is 122 Å². The van der Waals surface area contributed by atoms with Crippen molar-refractivity contribution in [3.8, 4) is 0 Å². The van der Waals surface area contributed by atoms with Gasteiger partial charge in [0.05, 0.1) is 6.61 Å². The molecule has 6 heteroatoms. The van der Waals surface area contributed by atoms with Gasteiger partial charge >= 0.3 is 5.97 Å². The summed E-state index contributed by atoms with van der Waals surface area (Å²) in [5.41, 5.74) is 0.804. The molecule has 0 aromatic heterocycles. The predicted octanol–water partition coefficient (Wildman–Crippen LogP) is 1.93. The van der Waals surface area contributed by atoms with Crippen molar-refractivity contribution in [1.29, 1.82) is 0 Å². The molecule has 1 heterocycles. The fourth-order valence-electron chi connectivity index (χ4n) is 2.27. The summed E-state index contributed by atoms with van der Waals surface area (Å²) in [4.78, 5) is 24.3. The Morgan fingerprint density at radius 1 is 1.40 bits per heavy atom. The van der Waals surface area contributed by atoms with Gasteiger partial charge in [0, 0.05) is 11.6 Å². The summed E-state index contributed by atoms with van der Waals surface area (Å²) in [6.45, 7) is 0.581. The Morgan fingerprint density at radius 2 is 2.15 bits per heavy atom. The van der Waals surface area contributed by atoms with Crippen molar-refractivity contribution >= 4 is 23.5 Å². The number of carboxylic acid groups (broad SMARTS) is 1. The van der Waals surface area contributed by atoms with E-state index in [1.54, 1.807) is 6.07 Å². The number of benzene rings is 1. The van der Waals surface area contributed by atoms with Crippen molar-refractivity contribution < 1.29 is 19.4 Å². The lowest BCUT2D eigenvalue weighted by Gasteiger charge is -2.21. The van der Waals surface area contributed by atoms with Gasteiger partial charge < -0.3 is 14.7 Å². The lowest BCUT2D eigenvalue weighted by atomic mass is 10.2. The van der Waals surface area contributed by atoms with Crippen LogP contribution in [-0.4, -0.2) is 41.1 Å². The lowest BCUT2D eigenvalue weighted by Crippen LogP contribution is -2.42. The van der Waals surface area contributed by atoms with Gasteiger partial charge in [0.2, 0.25) is 5.91 Å². The Balaban J connectivity index is 1.84. The average Bonchev–Trinajstić information content (AvgIpc) is 2.90. The van der Waals surface area contributed by atoms with Gasteiger partial charge in [-0.15, -0.1) is 0 Å². The molecule has 0 spiro atoms. The Kier molecular flexibility index (Phi) is 4.98. The summed E-state index contributed by atoms with van der Waals surface area (Å²) in [6.07, 6.45) is 1.22. The maximum atomic E-state index is 11.9. The molecule has 1 aliphatic heterocycles. The second kappa shape index (κ2) is 6.72. The summed E-state index contributed by atoms with van der Waals surface area (Å²) in [7, 11) is 0. The van der Waals surface area contributed by atoms with Crippen LogP contribution in [0.25, 0.3) is 0 Å². The molecule has 5 nitrogen and oxygen atoms in total. The van der Waals surface area contributed by atoms with E-state index in [2.05, 4.69) is 0 Å². The van der Waals surface area contributed by atoms with E-state index in [0.717, 1.165) is 5.56 Å². The van der Waals surface area contributed by atoms with Gasteiger partial charge in [-0.1, -0.05) is 29.8 Å². The van der Waals surface area contributed by atoms with Gasteiger partial charge in [-0.2, -0.15) is 0 Å². The molecule has 0 radical (unpaired) electrons. The van der Waals surface area contributed by atoms with Crippen molar-refractivity contribution in [2.75, 3.05) is 13.2 Å². The number of nitrogens with zero attached hydrogens (tertiary/aromatic N) is 1. The van der Waals surface area contributed by atoms with E-state index in [4.69, 9.17) is 21.4 Å². The van der Waals surface area contributed by atoms with Crippen LogP contribution >= 0.6 is 11.6 Å². The van der Waals surface area contributed by atoms with Crippen LogP contribution in [0.3, 0.4) is 0 Å². The topological polar surface area (TPSA) is 66.8 Å². The van der Waals surface area contributed by atoms with E-state index in [1.807, 2.05) is 18.2 Å². The number of hydrogen-bond acceptors (Lipinski definition) is 3. The van der Waals surface area contributed by atoms with Gasteiger partial charge in [0.1, 0.15) is 12.6 Å². The maximum Gasteiger partial charge on any atom is 0.326 e. The minimum atomic E-state index is -0.957. The smallest absolute Gasteiger partial charge is 0.326 e. The van der Waals surface area contributed by atoms with Crippen molar-refractivity contribution in [3.05, 3.63) is 34.9 Å². The number of amides is 1. The number of hydrogen-bond donors (Lipinski definition) is 1. The highest BCUT2D eigenvalue weighted by Gasteiger charge is 2.33. The number of ether oxygens (including phenoxy) is 1. The average molecular weight is 298 g/mol. The Hall–Kier alpha value is -1.59. The number of halogens is 1. The van der Waals surface area contributed by atoms with Gasteiger partial charge in [-0.25, -0.2) is 4.79 Å². The highest BCUT2D eigenvalue weighted by Crippen LogP contribution is 2.18. The molecule has 1 saturated heterocycles. The molecule has 1 aromatic rings. The fourth-order valence-corrected chi connectivity index (χ4v) is 2.46. The number of likely N-dealkylation sites (tertiary alicyclic amines) is 1. The van der Waals surface area contributed by atoms with E-state index >= 15 is 0 Å². The van der Waals surface area contributed by atoms with Crippen molar-refractivity contribution in [1.82, 2.24) is 4.90 Å². The van der Waals surface area contributed by atoms with Crippen molar-refractivity contribution in [3.63, 3.8) is 0 Å². The van der Waals surface area contributed by atoms with E-state index in [1.165, 1.54) is 4.90 Å². The summed E-state index contributed by atoms with van der Waals surface area (Å²) >= 11 is 5.98. The molecule has 0 saturated carbocycles. The molecule has 1 fully saturated rings. The molecule has 1 unspecified atom stereocenters. The maximum absolute atomic E-state index is 11.9. The number of carboxylic acids is 1. The SMILES string of the molecule is O=C(O)C1CCCN1C(=O)COCc1ccccc1Cl. The minimum absolute atomic E-state index is 0.130. The van der Waals surface area contributed by atoms with Crippen LogP contribution in [-0.2, 0) is 20.9 Å². The first kappa shape index (κ1) is 14.8. The number of carbonyl (C=O) groups is 2. The van der Waals surface area contributed by atoms with Crippen LogP contribution in [0.1, 0.15) is 18.4 Å². The van der Waals surface area contributed by atoms with Crippen molar-refractivity contribution in [2.45, 2.75) is 25.5 Å². The second-order valence-corrected chi connectivity index (χ2v) is 5.07. The van der Waals surface area contributed by atoms with Gasteiger partial charge in [-0.05, 0) is 24.5 Å². The van der Waals surface area contributed by atoms with E-state index in [9.17, 15) is 9.59 Å². The Morgan fingerprint density at radius 3 is 2.85 bits per heavy atom. The first-order chi connectivity index (χ1) is 9.59. The molecule has 1 N–H and O–H groups in total. The van der Waals surface area contributed by atoms with E-state index in [0.29, 0.717) is 24.4 Å². The van der Waals surface area contributed by atoms with Gasteiger partial charge in [0.25, 0.3) is 0 Å². The van der Waals surface area contributed by atoms with Crippen LogP contribution < -0.4 is 0 Å². The van der Waals surface area contributed by atoms with Gasteiger partial charge in [-0.3, -0.25) is 4.79 Å². The molecule has 0 bridgehead atoms.